The Bertz CT molecular complexity index is 656. The zero-order chi connectivity index (χ0) is 14.7. The van der Waals surface area contributed by atoms with Crippen LogP contribution in [0.3, 0.4) is 0 Å². The van der Waals surface area contributed by atoms with Gasteiger partial charge in [0.1, 0.15) is 0 Å². The maximum atomic E-state index is 11.8. The second-order valence-electron chi connectivity index (χ2n) is 4.06. The summed E-state index contributed by atoms with van der Waals surface area (Å²) in [6.07, 6.45) is 0.698. The highest BCUT2D eigenvalue weighted by atomic mass is 79.9. The fourth-order valence-corrected chi connectivity index (χ4v) is 2.61. The molecule has 1 aromatic carbocycles. The molecular formula is C13H13BrN2O3S. The van der Waals surface area contributed by atoms with E-state index in [2.05, 4.69) is 31.0 Å². The van der Waals surface area contributed by atoms with Crippen LogP contribution in [-0.4, -0.2) is 28.8 Å². The molecule has 0 aliphatic heterocycles. The molecule has 0 bridgehead atoms. The van der Waals surface area contributed by atoms with E-state index in [9.17, 15) is 9.59 Å². The molecule has 0 radical (unpaired) electrons. The summed E-state index contributed by atoms with van der Waals surface area (Å²) >= 11 is 4.61. The van der Waals surface area contributed by atoms with Gasteiger partial charge in [0.05, 0.1) is 27.7 Å². The van der Waals surface area contributed by atoms with Crippen LogP contribution in [0.5, 0.6) is 0 Å². The second-order valence-corrected chi connectivity index (χ2v) is 6.19. The van der Waals surface area contributed by atoms with Gasteiger partial charge in [-0.05, 0) is 24.6 Å². The van der Waals surface area contributed by atoms with Crippen molar-refractivity contribution in [3.63, 3.8) is 0 Å². The number of rotatable bonds is 4. The molecule has 106 valence electrons. The highest BCUT2D eigenvalue weighted by Crippen LogP contribution is 2.27. The van der Waals surface area contributed by atoms with E-state index < -0.39 is 5.97 Å². The smallest absolute Gasteiger partial charge is 0.337 e. The highest BCUT2D eigenvalue weighted by molar-refractivity contribution is 9.10. The van der Waals surface area contributed by atoms with Crippen LogP contribution in [0.15, 0.2) is 18.2 Å². The summed E-state index contributed by atoms with van der Waals surface area (Å²) < 4.78 is 5.50. The van der Waals surface area contributed by atoms with Crippen LogP contribution >= 0.6 is 27.3 Å². The van der Waals surface area contributed by atoms with Crippen LogP contribution in [-0.2, 0) is 9.53 Å². The number of nitrogens with one attached hydrogen (secondary N) is 1. The number of alkyl halides is 1. The van der Waals surface area contributed by atoms with E-state index in [1.54, 1.807) is 18.2 Å². The number of carbonyl (C=O) groups excluding carboxylic acids is 2. The monoisotopic (exact) mass is 356 g/mol. The molecule has 7 heteroatoms. The van der Waals surface area contributed by atoms with Gasteiger partial charge in [0.25, 0.3) is 0 Å². The fraction of sp³-hybridized carbons (Fsp3) is 0.308. The largest absolute Gasteiger partial charge is 0.465 e. The maximum absolute atomic E-state index is 11.8. The average molecular weight is 357 g/mol. The molecular weight excluding hydrogens is 344 g/mol. The van der Waals surface area contributed by atoms with Crippen LogP contribution in [0.4, 0.5) is 5.13 Å². The number of esters is 1. The summed E-state index contributed by atoms with van der Waals surface area (Å²) in [5, 5.41) is 3.27. The van der Waals surface area contributed by atoms with E-state index in [-0.39, 0.29) is 10.7 Å². The van der Waals surface area contributed by atoms with Gasteiger partial charge in [-0.2, -0.15) is 0 Å². The van der Waals surface area contributed by atoms with Crippen molar-refractivity contribution in [3.8, 4) is 0 Å². The Balaban J connectivity index is 2.25. The zero-order valence-electron chi connectivity index (χ0n) is 11.0. The predicted molar refractivity (Wildman–Crippen MR) is 82.6 cm³/mol. The van der Waals surface area contributed by atoms with Gasteiger partial charge in [0, 0.05) is 0 Å². The SMILES string of the molecule is CCC(Br)C(=O)Nc1nc2ccc(C(=O)OC)cc2s1. The number of aromatic nitrogens is 1. The van der Waals surface area contributed by atoms with E-state index in [0.717, 1.165) is 10.2 Å². The number of nitrogens with zero attached hydrogens (tertiary/aromatic N) is 1. The van der Waals surface area contributed by atoms with Crippen LogP contribution in [0.2, 0.25) is 0 Å². The minimum atomic E-state index is -0.391. The summed E-state index contributed by atoms with van der Waals surface area (Å²) in [6, 6.07) is 5.10. The second kappa shape index (κ2) is 6.32. The molecule has 1 N–H and O–H groups in total. The molecule has 0 saturated carbocycles. The van der Waals surface area contributed by atoms with Gasteiger partial charge >= 0.3 is 5.97 Å². The van der Waals surface area contributed by atoms with Crippen molar-refractivity contribution in [3.05, 3.63) is 23.8 Å². The summed E-state index contributed by atoms with van der Waals surface area (Å²) in [5.74, 6) is -0.517. The van der Waals surface area contributed by atoms with Gasteiger partial charge in [-0.1, -0.05) is 34.2 Å². The molecule has 2 rings (SSSR count). The summed E-state index contributed by atoms with van der Waals surface area (Å²) in [4.78, 5) is 27.3. The predicted octanol–water partition coefficient (Wildman–Crippen LogP) is 3.19. The van der Waals surface area contributed by atoms with E-state index in [1.807, 2.05) is 6.92 Å². The van der Waals surface area contributed by atoms with Crippen molar-refractivity contribution in [1.29, 1.82) is 0 Å². The molecule has 1 heterocycles. The molecule has 0 aliphatic rings. The number of hydrogen-bond acceptors (Lipinski definition) is 5. The van der Waals surface area contributed by atoms with Gasteiger partial charge in [-0.3, -0.25) is 4.79 Å². The Morgan fingerprint density at radius 2 is 2.25 bits per heavy atom. The molecule has 20 heavy (non-hydrogen) atoms. The lowest BCUT2D eigenvalue weighted by Gasteiger charge is -2.04. The number of methoxy groups -OCH3 is 1. The van der Waals surface area contributed by atoms with E-state index in [1.165, 1.54) is 18.4 Å². The lowest BCUT2D eigenvalue weighted by atomic mass is 10.2. The first kappa shape index (κ1) is 14.9. The highest BCUT2D eigenvalue weighted by Gasteiger charge is 2.15. The number of amides is 1. The Morgan fingerprint density at radius 1 is 1.50 bits per heavy atom. The molecule has 0 saturated heterocycles. The maximum Gasteiger partial charge on any atom is 0.337 e. The topological polar surface area (TPSA) is 68.3 Å². The van der Waals surface area contributed by atoms with E-state index in [0.29, 0.717) is 17.1 Å². The normalized spacial score (nSPS) is 12.2. The minimum absolute atomic E-state index is 0.125. The molecule has 0 aliphatic carbocycles. The van der Waals surface area contributed by atoms with Gasteiger partial charge < -0.3 is 10.1 Å². The first-order valence-electron chi connectivity index (χ1n) is 5.99. The number of benzene rings is 1. The van der Waals surface area contributed by atoms with Crippen LogP contribution in [0.1, 0.15) is 23.7 Å². The van der Waals surface area contributed by atoms with Crippen LogP contribution in [0, 0.1) is 0 Å². The third-order valence-electron chi connectivity index (χ3n) is 2.68. The number of ether oxygens (including phenoxy) is 1. The molecule has 1 unspecified atom stereocenters. The summed E-state index contributed by atoms with van der Waals surface area (Å²) in [7, 11) is 1.34. The number of anilines is 1. The number of thiazole rings is 1. The van der Waals surface area contributed by atoms with Crippen molar-refractivity contribution >= 4 is 54.5 Å². The van der Waals surface area contributed by atoms with Crippen molar-refractivity contribution in [2.45, 2.75) is 18.2 Å². The van der Waals surface area contributed by atoms with Crippen molar-refractivity contribution in [1.82, 2.24) is 4.98 Å². The Kier molecular flexibility index (Phi) is 4.72. The lowest BCUT2D eigenvalue weighted by molar-refractivity contribution is -0.115. The molecule has 5 nitrogen and oxygen atoms in total. The molecule has 1 aromatic heterocycles. The Labute approximate surface area is 128 Å². The Morgan fingerprint density at radius 3 is 2.90 bits per heavy atom. The molecule has 2 aromatic rings. The third kappa shape index (κ3) is 3.16. The van der Waals surface area contributed by atoms with Crippen molar-refractivity contribution in [2.24, 2.45) is 0 Å². The fourth-order valence-electron chi connectivity index (χ4n) is 1.59. The van der Waals surface area contributed by atoms with Crippen LogP contribution < -0.4 is 5.32 Å². The van der Waals surface area contributed by atoms with Gasteiger partial charge in [-0.15, -0.1) is 0 Å². The number of halogens is 1. The first-order chi connectivity index (χ1) is 9.55. The number of fused-ring (bicyclic) bond motifs is 1. The number of carbonyl (C=O) groups is 2. The van der Waals surface area contributed by atoms with Gasteiger partial charge in [0.2, 0.25) is 5.91 Å². The number of hydrogen-bond donors (Lipinski definition) is 1. The first-order valence-corrected chi connectivity index (χ1v) is 7.72. The lowest BCUT2D eigenvalue weighted by Crippen LogP contribution is -2.21. The van der Waals surface area contributed by atoms with Gasteiger partial charge in [-0.25, -0.2) is 9.78 Å². The molecule has 0 spiro atoms. The minimum Gasteiger partial charge on any atom is -0.465 e. The van der Waals surface area contributed by atoms with Gasteiger partial charge in [0.15, 0.2) is 5.13 Å². The quantitative estimate of drug-likeness (QED) is 0.674. The summed E-state index contributed by atoms with van der Waals surface area (Å²) in [6.45, 7) is 1.92. The molecule has 1 atom stereocenters. The third-order valence-corrected chi connectivity index (χ3v) is 4.68. The summed E-state index contributed by atoms with van der Waals surface area (Å²) in [5.41, 5.74) is 1.20. The average Bonchev–Trinajstić information content (AvgIpc) is 2.86. The van der Waals surface area contributed by atoms with Crippen LogP contribution in [0.25, 0.3) is 10.2 Å². The van der Waals surface area contributed by atoms with E-state index >= 15 is 0 Å². The Hall–Kier alpha value is -1.47. The standard InChI is InChI=1S/C13H13BrN2O3S/c1-3-8(14)11(17)16-13-15-9-5-4-7(12(18)19-2)6-10(9)20-13/h4-6,8H,3H2,1-2H3,(H,15,16,17). The zero-order valence-corrected chi connectivity index (χ0v) is 13.4. The molecule has 1 amide bonds. The van der Waals surface area contributed by atoms with Crippen molar-refractivity contribution < 1.29 is 14.3 Å². The van der Waals surface area contributed by atoms with Crippen molar-refractivity contribution in [2.75, 3.05) is 12.4 Å². The van der Waals surface area contributed by atoms with E-state index in [4.69, 9.17) is 0 Å². The molecule has 0 fully saturated rings.